The highest BCUT2D eigenvalue weighted by Gasteiger charge is 2.32. The molecule has 24 heavy (non-hydrogen) atoms. The molecular formula is C18H30N2O4. The molecular weight excluding hydrogens is 308 g/mol. The monoisotopic (exact) mass is 338 g/mol. The zero-order valence-corrected chi connectivity index (χ0v) is 14.8. The maximum Gasteiger partial charge on any atom is 0.251 e. The van der Waals surface area contributed by atoms with Crippen LogP contribution >= 0.6 is 0 Å². The second-order valence-electron chi connectivity index (χ2n) is 6.27. The second kappa shape index (κ2) is 11.1. The quantitative estimate of drug-likeness (QED) is 0.517. The fourth-order valence-electron chi connectivity index (χ4n) is 2.22. The van der Waals surface area contributed by atoms with Crippen LogP contribution in [0.1, 0.15) is 19.4 Å². The van der Waals surface area contributed by atoms with Crippen LogP contribution in [-0.4, -0.2) is 56.1 Å². The first-order chi connectivity index (χ1) is 11.5. The summed E-state index contributed by atoms with van der Waals surface area (Å²) >= 11 is 0. The fourth-order valence-corrected chi connectivity index (χ4v) is 2.22. The van der Waals surface area contributed by atoms with Crippen molar-refractivity contribution in [1.82, 2.24) is 5.32 Å². The number of hydrogen-bond donors (Lipinski definition) is 3. The average Bonchev–Trinajstić information content (AvgIpc) is 2.57. The van der Waals surface area contributed by atoms with Gasteiger partial charge >= 0.3 is 0 Å². The van der Waals surface area contributed by atoms with Crippen LogP contribution in [0.5, 0.6) is 0 Å². The Hall–Kier alpha value is -1.47. The van der Waals surface area contributed by atoms with E-state index in [1.807, 2.05) is 44.2 Å². The van der Waals surface area contributed by atoms with E-state index in [2.05, 4.69) is 5.32 Å². The summed E-state index contributed by atoms with van der Waals surface area (Å²) in [5.41, 5.74) is 7.11. The van der Waals surface area contributed by atoms with Crippen molar-refractivity contribution in [1.29, 1.82) is 0 Å². The van der Waals surface area contributed by atoms with Crippen molar-refractivity contribution in [3.8, 4) is 0 Å². The van der Waals surface area contributed by atoms with E-state index in [-0.39, 0.29) is 12.5 Å². The summed E-state index contributed by atoms with van der Waals surface area (Å²) in [5.74, 6) is -0.0421. The smallest absolute Gasteiger partial charge is 0.251 e. The Morgan fingerprint density at radius 1 is 1.25 bits per heavy atom. The molecule has 0 aliphatic heterocycles. The van der Waals surface area contributed by atoms with Crippen molar-refractivity contribution in [3.05, 3.63) is 35.9 Å². The summed E-state index contributed by atoms with van der Waals surface area (Å²) < 4.78 is 10.5. The molecule has 0 aliphatic rings. The number of ether oxygens (including phenoxy) is 2. The molecule has 1 aromatic carbocycles. The van der Waals surface area contributed by atoms with E-state index >= 15 is 0 Å². The van der Waals surface area contributed by atoms with Gasteiger partial charge in [-0.1, -0.05) is 44.2 Å². The van der Waals surface area contributed by atoms with Gasteiger partial charge in [0.1, 0.15) is 6.10 Å². The van der Waals surface area contributed by atoms with Crippen molar-refractivity contribution < 1.29 is 19.4 Å². The summed E-state index contributed by atoms with van der Waals surface area (Å²) in [6.45, 7) is 5.07. The van der Waals surface area contributed by atoms with Gasteiger partial charge in [0.05, 0.1) is 13.2 Å². The number of amides is 1. The lowest BCUT2D eigenvalue weighted by Crippen LogP contribution is -2.53. The Kier molecular flexibility index (Phi) is 9.56. The number of carbonyl (C=O) groups excluding carboxylic acids is 1. The van der Waals surface area contributed by atoms with E-state index in [4.69, 9.17) is 15.2 Å². The minimum atomic E-state index is -1.10. The Bertz CT molecular complexity index is 467. The predicted molar refractivity (Wildman–Crippen MR) is 93.6 cm³/mol. The average molecular weight is 338 g/mol. The molecule has 6 heteroatoms. The van der Waals surface area contributed by atoms with Gasteiger partial charge in [0, 0.05) is 19.7 Å². The molecule has 0 saturated heterocycles. The van der Waals surface area contributed by atoms with Gasteiger partial charge in [0.15, 0.2) is 6.10 Å². The highest BCUT2D eigenvalue weighted by molar-refractivity contribution is 5.81. The van der Waals surface area contributed by atoms with Gasteiger partial charge in [-0.25, -0.2) is 0 Å². The van der Waals surface area contributed by atoms with Crippen molar-refractivity contribution in [2.24, 2.45) is 11.7 Å². The number of nitrogens with one attached hydrogen (secondary N) is 1. The molecule has 4 N–H and O–H groups in total. The van der Waals surface area contributed by atoms with Gasteiger partial charge < -0.3 is 25.6 Å². The molecule has 0 saturated carbocycles. The first kappa shape index (κ1) is 20.6. The molecule has 3 atom stereocenters. The van der Waals surface area contributed by atoms with Crippen LogP contribution in [0.2, 0.25) is 0 Å². The molecule has 136 valence electrons. The fraction of sp³-hybridized carbons (Fsp3) is 0.611. The van der Waals surface area contributed by atoms with Crippen LogP contribution in [0.4, 0.5) is 0 Å². The van der Waals surface area contributed by atoms with Gasteiger partial charge in [0.2, 0.25) is 0 Å². The molecule has 0 bridgehead atoms. The first-order valence-electron chi connectivity index (χ1n) is 8.31. The zero-order valence-electron chi connectivity index (χ0n) is 14.8. The molecule has 1 amide bonds. The number of methoxy groups -OCH3 is 1. The number of benzene rings is 1. The Morgan fingerprint density at radius 3 is 2.50 bits per heavy atom. The topological polar surface area (TPSA) is 93.8 Å². The first-order valence-corrected chi connectivity index (χ1v) is 8.31. The van der Waals surface area contributed by atoms with Crippen molar-refractivity contribution in [3.63, 3.8) is 0 Å². The van der Waals surface area contributed by atoms with Crippen LogP contribution in [0.25, 0.3) is 0 Å². The molecule has 1 rings (SSSR count). The summed E-state index contributed by atoms with van der Waals surface area (Å²) in [6, 6.07) is 9.01. The van der Waals surface area contributed by atoms with Crippen molar-refractivity contribution in [2.45, 2.75) is 38.5 Å². The van der Waals surface area contributed by atoms with Crippen LogP contribution in [0.15, 0.2) is 30.3 Å². The van der Waals surface area contributed by atoms with Crippen molar-refractivity contribution in [2.75, 3.05) is 26.9 Å². The van der Waals surface area contributed by atoms with Gasteiger partial charge in [-0.3, -0.25) is 4.79 Å². The van der Waals surface area contributed by atoms with Gasteiger partial charge in [-0.15, -0.1) is 0 Å². The number of carbonyl (C=O) groups is 1. The van der Waals surface area contributed by atoms with Crippen molar-refractivity contribution >= 4 is 5.91 Å². The van der Waals surface area contributed by atoms with E-state index in [0.717, 1.165) is 5.56 Å². The third-order valence-corrected chi connectivity index (χ3v) is 3.59. The van der Waals surface area contributed by atoms with Crippen LogP contribution in [0, 0.1) is 5.92 Å². The number of aliphatic hydroxyl groups excluding tert-OH is 1. The molecule has 0 aromatic heterocycles. The molecule has 3 unspecified atom stereocenters. The van der Waals surface area contributed by atoms with Crippen LogP contribution in [0.3, 0.4) is 0 Å². The van der Waals surface area contributed by atoms with E-state index in [1.54, 1.807) is 7.11 Å². The van der Waals surface area contributed by atoms with Gasteiger partial charge in [0.25, 0.3) is 5.91 Å². The molecule has 0 fully saturated rings. The SMILES string of the molecule is COCCOC(C(=O)NCC(C)C)C(O)C(N)Cc1ccccc1. The number of aliphatic hydroxyl groups is 1. The standard InChI is InChI=1S/C18H30N2O4/c1-13(2)12-20-18(22)17(24-10-9-23-3)16(21)15(19)11-14-7-5-4-6-8-14/h4-8,13,15-17,21H,9-12,19H2,1-3H3,(H,20,22). The Labute approximate surface area is 144 Å². The maximum absolute atomic E-state index is 12.3. The van der Waals surface area contributed by atoms with Crippen LogP contribution < -0.4 is 11.1 Å². The van der Waals surface area contributed by atoms with Gasteiger partial charge in [-0.2, -0.15) is 0 Å². The Morgan fingerprint density at radius 2 is 1.92 bits per heavy atom. The minimum absolute atomic E-state index is 0.214. The molecule has 1 aromatic rings. The van der Waals surface area contributed by atoms with E-state index in [9.17, 15) is 9.90 Å². The third-order valence-electron chi connectivity index (χ3n) is 3.59. The lowest BCUT2D eigenvalue weighted by Gasteiger charge is -2.27. The zero-order chi connectivity index (χ0) is 17.9. The summed E-state index contributed by atoms with van der Waals surface area (Å²) in [4.78, 5) is 12.3. The minimum Gasteiger partial charge on any atom is -0.388 e. The molecule has 0 aliphatic carbocycles. The van der Waals surface area contributed by atoms with E-state index < -0.39 is 18.2 Å². The molecule has 0 radical (unpaired) electrons. The Balaban J connectivity index is 2.69. The summed E-state index contributed by atoms with van der Waals surface area (Å²) in [7, 11) is 1.55. The molecule has 0 heterocycles. The van der Waals surface area contributed by atoms with E-state index in [0.29, 0.717) is 25.5 Å². The van der Waals surface area contributed by atoms with Gasteiger partial charge in [-0.05, 0) is 17.9 Å². The number of nitrogens with two attached hydrogens (primary N) is 1. The molecule has 6 nitrogen and oxygen atoms in total. The van der Waals surface area contributed by atoms with E-state index in [1.165, 1.54) is 0 Å². The second-order valence-corrected chi connectivity index (χ2v) is 6.27. The highest BCUT2D eigenvalue weighted by Crippen LogP contribution is 2.10. The number of hydrogen-bond acceptors (Lipinski definition) is 5. The molecule has 0 spiro atoms. The van der Waals surface area contributed by atoms with Crippen LogP contribution in [-0.2, 0) is 20.7 Å². The predicted octanol–water partition coefficient (Wildman–Crippen LogP) is 0.721. The summed E-state index contributed by atoms with van der Waals surface area (Å²) in [6.07, 6.45) is -1.66. The highest BCUT2D eigenvalue weighted by atomic mass is 16.5. The lowest BCUT2D eigenvalue weighted by atomic mass is 9.98. The maximum atomic E-state index is 12.3. The summed E-state index contributed by atoms with van der Waals surface area (Å²) in [5, 5.41) is 13.3. The normalized spacial score (nSPS) is 15.1. The third kappa shape index (κ3) is 7.40. The largest absolute Gasteiger partial charge is 0.388 e. The number of rotatable bonds is 11. The lowest BCUT2D eigenvalue weighted by molar-refractivity contribution is -0.143.